The van der Waals surface area contributed by atoms with E-state index in [4.69, 9.17) is 0 Å². The molecule has 0 bridgehead atoms. The molecule has 1 aromatic carbocycles. The number of benzene rings is 1. The van der Waals surface area contributed by atoms with Crippen LogP contribution in [0.15, 0.2) is 30.3 Å². The lowest BCUT2D eigenvalue weighted by molar-refractivity contribution is -0.314. The summed E-state index contributed by atoms with van der Waals surface area (Å²) in [5, 5.41) is 20.7. The Kier molecular flexibility index (Phi) is 2.49. The number of hydrogen-bond acceptors (Lipinski definition) is 3. The maximum absolute atomic E-state index is 11.2. The Morgan fingerprint density at radius 2 is 2.07 bits per heavy atom. The number of carboxylic acids is 1. The zero-order chi connectivity index (χ0) is 10.9. The summed E-state index contributed by atoms with van der Waals surface area (Å²) in [4.78, 5) is 11.2. The Hall–Kier alpha value is -1.35. The molecule has 3 heteroatoms. The number of aliphatic hydroxyl groups is 1. The first-order valence-electron chi connectivity index (χ1n) is 5.10. The van der Waals surface area contributed by atoms with Gasteiger partial charge < -0.3 is 15.0 Å². The summed E-state index contributed by atoms with van der Waals surface area (Å²) in [6.07, 6.45) is 0.728. The van der Waals surface area contributed by atoms with Gasteiger partial charge in [-0.2, -0.15) is 0 Å². The molecule has 1 aromatic rings. The van der Waals surface area contributed by atoms with Crippen molar-refractivity contribution in [2.45, 2.75) is 30.8 Å². The third-order valence-electron chi connectivity index (χ3n) is 3.21. The highest BCUT2D eigenvalue weighted by Crippen LogP contribution is 2.40. The molecule has 80 valence electrons. The van der Waals surface area contributed by atoms with Crippen molar-refractivity contribution in [1.29, 1.82) is 0 Å². The van der Waals surface area contributed by atoms with Gasteiger partial charge in [0.15, 0.2) is 0 Å². The van der Waals surface area contributed by atoms with E-state index in [9.17, 15) is 15.0 Å². The molecule has 3 nitrogen and oxygen atoms in total. The second kappa shape index (κ2) is 3.66. The molecule has 1 aliphatic rings. The van der Waals surface area contributed by atoms with Crippen LogP contribution < -0.4 is 5.11 Å². The summed E-state index contributed by atoms with van der Waals surface area (Å²) in [6, 6.07) is 9.04. The summed E-state index contributed by atoms with van der Waals surface area (Å²) < 4.78 is 0. The van der Waals surface area contributed by atoms with Crippen LogP contribution in [0, 0.1) is 0 Å². The minimum absolute atomic E-state index is 0.263. The molecular weight excluding hydrogens is 192 g/mol. The second-order valence-electron chi connectivity index (χ2n) is 4.13. The zero-order valence-electron chi connectivity index (χ0n) is 8.35. The molecule has 1 aliphatic carbocycles. The van der Waals surface area contributed by atoms with Crippen molar-refractivity contribution in [2.75, 3.05) is 0 Å². The molecule has 0 unspecified atom stereocenters. The monoisotopic (exact) mass is 205 g/mol. The molecule has 0 aromatic heterocycles. The first-order valence-corrected chi connectivity index (χ1v) is 5.10. The molecule has 1 saturated carbocycles. The minimum Gasteiger partial charge on any atom is -0.549 e. The van der Waals surface area contributed by atoms with Gasteiger partial charge in [0.2, 0.25) is 0 Å². The summed E-state index contributed by atoms with van der Waals surface area (Å²) in [6.45, 7) is 0. The van der Waals surface area contributed by atoms with Crippen molar-refractivity contribution in [3.8, 4) is 0 Å². The average Bonchev–Trinajstić information content (AvgIpc) is 2.63. The molecular formula is C12H13O3-. The van der Waals surface area contributed by atoms with E-state index in [0.717, 1.165) is 5.56 Å². The quantitative estimate of drug-likeness (QED) is 0.751. The average molecular weight is 205 g/mol. The van der Waals surface area contributed by atoms with Crippen LogP contribution in [0.4, 0.5) is 0 Å². The van der Waals surface area contributed by atoms with Crippen molar-refractivity contribution >= 4 is 5.97 Å². The predicted molar refractivity (Wildman–Crippen MR) is 53.0 cm³/mol. The third-order valence-corrected chi connectivity index (χ3v) is 3.21. The number of carbonyl (C=O) groups excluding carboxylic acids is 1. The molecule has 2 atom stereocenters. The van der Waals surface area contributed by atoms with Crippen LogP contribution in [0.25, 0.3) is 0 Å². The van der Waals surface area contributed by atoms with E-state index in [1.54, 1.807) is 12.1 Å². The number of carboxylic acid groups (broad SMARTS) is 1. The van der Waals surface area contributed by atoms with Crippen LogP contribution in [-0.2, 0) is 10.2 Å². The maximum Gasteiger partial charge on any atom is 0.0552 e. The number of rotatable bonds is 2. The smallest absolute Gasteiger partial charge is 0.0552 e. The number of hydrogen-bond donors (Lipinski definition) is 1. The third kappa shape index (κ3) is 1.63. The van der Waals surface area contributed by atoms with Crippen LogP contribution in [0.1, 0.15) is 24.8 Å². The van der Waals surface area contributed by atoms with Crippen LogP contribution in [0.3, 0.4) is 0 Å². The molecule has 0 radical (unpaired) electrons. The fourth-order valence-electron chi connectivity index (χ4n) is 2.34. The molecule has 0 spiro atoms. The molecule has 1 fully saturated rings. The van der Waals surface area contributed by atoms with E-state index in [2.05, 4.69) is 0 Å². The van der Waals surface area contributed by atoms with Crippen LogP contribution >= 0.6 is 0 Å². The highest BCUT2D eigenvalue weighted by atomic mass is 16.4. The van der Waals surface area contributed by atoms with Gasteiger partial charge >= 0.3 is 0 Å². The number of carbonyl (C=O) groups is 1. The van der Waals surface area contributed by atoms with E-state index >= 15 is 0 Å². The van der Waals surface area contributed by atoms with Crippen molar-refractivity contribution < 1.29 is 15.0 Å². The fraction of sp³-hybridized carbons (Fsp3) is 0.417. The van der Waals surface area contributed by atoms with Crippen LogP contribution in [0.5, 0.6) is 0 Å². The molecule has 0 amide bonds. The molecule has 0 aliphatic heterocycles. The lowest BCUT2D eigenvalue weighted by Gasteiger charge is -2.30. The summed E-state index contributed by atoms with van der Waals surface area (Å²) in [7, 11) is 0. The summed E-state index contributed by atoms with van der Waals surface area (Å²) in [5.41, 5.74) is -0.248. The van der Waals surface area contributed by atoms with E-state index in [1.165, 1.54) is 0 Å². The highest BCUT2D eigenvalue weighted by molar-refractivity contribution is 5.80. The van der Waals surface area contributed by atoms with Gasteiger partial charge in [-0.1, -0.05) is 30.3 Å². The SMILES string of the molecule is O=C([O-])[C@@]1(c2ccccc2)CC[C@H](O)C1. The summed E-state index contributed by atoms with van der Waals surface area (Å²) >= 11 is 0. The predicted octanol–water partition coefficient (Wildman–Crippen LogP) is 0.219. The van der Waals surface area contributed by atoms with Gasteiger partial charge in [-0.05, 0) is 24.8 Å². The van der Waals surface area contributed by atoms with Gasteiger partial charge in [0.05, 0.1) is 12.1 Å². The van der Waals surface area contributed by atoms with E-state index < -0.39 is 17.5 Å². The van der Waals surface area contributed by atoms with Gasteiger partial charge in [0.1, 0.15) is 0 Å². The van der Waals surface area contributed by atoms with E-state index in [1.807, 2.05) is 18.2 Å². The van der Waals surface area contributed by atoms with Gasteiger partial charge in [0, 0.05) is 5.41 Å². The van der Waals surface area contributed by atoms with Crippen LogP contribution in [0.2, 0.25) is 0 Å². The normalized spacial score (nSPS) is 30.3. The molecule has 0 heterocycles. The Balaban J connectivity index is 2.41. The van der Waals surface area contributed by atoms with Gasteiger partial charge in [-0.3, -0.25) is 0 Å². The largest absolute Gasteiger partial charge is 0.549 e. The van der Waals surface area contributed by atoms with Crippen molar-refractivity contribution in [2.24, 2.45) is 0 Å². The summed E-state index contributed by atoms with van der Waals surface area (Å²) in [5.74, 6) is -1.08. The fourth-order valence-corrected chi connectivity index (χ4v) is 2.34. The molecule has 1 N–H and O–H groups in total. The lowest BCUT2D eigenvalue weighted by atomic mass is 9.79. The first kappa shape index (κ1) is 10.2. The van der Waals surface area contributed by atoms with E-state index in [0.29, 0.717) is 12.8 Å². The topological polar surface area (TPSA) is 60.4 Å². The van der Waals surface area contributed by atoms with Crippen molar-refractivity contribution in [3.05, 3.63) is 35.9 Å². The Bertz CT molecular complexity index is 360. The second-order valence-corrected chi connectivity index (χ2v) is 4.13. The van der Waals surface area contributed by atoms with Crippen molar-refractivity contribution in [3.63, 3.8) is 0 Å². The molecule has 0 saturated heterocycles. The minimum atomic E-state index is -1.08. The van der Waals surface area contributed by atoms with E-state index in [-0.39, 0.29) is 6.42 Å². The highest BCUT2D eigenvalue weighted by Gasteiger charge is 2.41. The molecule has 15 heavy (non-hydrogen) atoms. The Morgan fingerprint density at radius 1 is 1.40 bits per heavy atom. The van der Waals surface area contributed by atoms with Gasteiger partial charge in [-0.15, -0.1) is 0 Å². The first-order chi connectivity index (χ1) is 7.15. The number of aliphatic carboxylic acids is 1. The Morgan fingerprint density at radius 3 is 2.53 bits per heavy atom. The lowest BCUT2D eigenvalue weighted by Crippen LogP contribution is -2.44. The number of aliphatic hydroxyl groups excluding tert-OH is 1. The standard InChI is InChI=1S/C12H14O3/c13-10-6-7-12(8-10,11(14)15)9-4-2-1-3-5-9/h1-5,10,13H,6-8H2,(H,14,15)/p-1/t10-,12-/m0/s1. The van der Waals surface area contributed by atoms with Gasteiger partial charge in [-0.25, -0.2) is 0 Å². The molecule has 2 rings (SSSR count). The Labute approximate surface area is 88.4 Å². The maximum atomic E-state index is 11.2. The van der Waals surface area contributed by atoms with Gasteiger partial charge in [0.25, 0.3) is 0 Å². The van der Waals surface area contributed by atoms with Crippen molar-refractivity contribution in [1.82, 2.24) is 0 Å². The van der Waals surface area contributed by atoms with Crippen LogP contribution in [-0.4, -0.2) is 17.2 Å². The zero-order valence-corrected chi connectivity index (χ0v) is 8.35.